The standard InChI is InChI=1S/C32H33BrN2O5S/c1-19(2)25-10-7-21(4)15-28(25)39-13-12-35-31(37)29(41-32(35)38)17-23-16-24(33)9-11-27(23)40-18-30(36)34-26-14-20(3)6-8-22(26)5/h6-11,14-17,19H,12-13,18H2,1-5H3,(H,34,36)/b29-17-. The predicted octanol–water partition coefficient (Wildman–Crippen LogP) is 7.63. The zero-order chi connectivity index (χ0) is 29.7. The van der Waals surface area contributed by atoms with Crippen LogP contribution >= 0.6 is 27.7 Å². The van der Waals surface area contributed by atoms with E-state index in [1.807, 2.05) is 57.2 Å². The lowest BCUT2D eigenvalue weighted by Gasteiger charge is -2.17. The minimum absolute atomic E-state index is 0.133. The first-order chi connectivity index (χ1) is 19.5. The maximum absolute atomic E-state index is 13.2. The lowest BCUT2D eigenvalue weighted by Crippen LogP contribution is -2.32. The summed E-state index contributed by atoms with van der Waals surface area (Å²) in [6.07, 6.45) is 1.62. The second-order valence-corrected chi connectivity index (χ2v) is 12.1. The van der Waals surface area contributed by atoms with Crippen molar-refractivity contribution in [2.24, 2.45) is 0 Å². The number of benzene rings is 3. The van der Waals surface area contributed by atoms with E-state index in [4.69, 9.17) is 9.47 Å². The van der Waals surface area contributed by atoms with E-state index >= 15 is 0 Å². The van der Waals surface area contributed by atoms with Gasteiger partial charge in [-0.15, -0.1) is 0 Å². The second kappa shape index (κ2) is 13.4. The third kappa shape index (κ3) is 7.80. The smallest absolute Gasteiger partial charge is 0.293 e. The fraction of sp³-hybridized carbons (Fsp3) is 0.281. The minimum atomic E-state index is -0.393. The average molecular weight is 638 g/mol. The maximum atomic E-state index is 13.2. The Labute approximate surface area is 253 Å². The van der Waals surface area contributed by atoms with Crippen LogP contribution < -0.4 is 14.8 Å². The van der Waals surface area contributed by atoms with Crippen LogP contribution in [0.1, 0.15) is 47.6 Å². The van der Waals surface area contributed by atoms with Gasteiger partial charge < -0.3 is 14.8 Å². The van der Waals surface area contributed by atoms with Crippen LogP contribution in [0.2, 0.25) is 0 Å². The van der Waals surface area contributed by atoms with Crippen molar-refractivity contribution < 1.29 is 23.9 Å². The van der Waals surface area contributed by atoms with Crippen LogP contribution in [0.15, 0.2) is 64.0 Å². The van der Waals surface area contributed by atoms with Gasteiger partial charge >= 0.3 is 0 Å². The first-order valence-corrected chi connectivity index (χ1v) is 14.9. The van der Waals surface area contributed by atoms with Crippen molar-refractivity contribution in [1.82, 2.24) is 4.90 Å². The number of ether oxygens (including phenoxy) is 2. The second-order valence-electron chi connectivity index (χ2n) is 10.2. The molecule has 0 unspecified atom stereocenters. The number of carbonyl (C=O) groups is 3. The lowest BCUT2D eigenvalue weighted by molar-refractivity contribution is -0.123. The molecule has 3 aromatic rings. The van der Waals surface area contributed by atoms with Crippen molar-refractivity contribution >= 4 is 56.5 Å². The first-order valence-electron chi connectivity index (χ1n) is 13.3. The molecule has 1 N–H and O–H groups in total. The first kappa shape index (κ1) is 30.4. The van der Waals surface area contributed by atoms with Crippen molar-refractivity contribution in [2.75, 3.05) is 25.1 Å². The van der Waals surface area contributed by atoms with Gasteiger partial charge in [0.05, 0.1) is 11.4 Å². The molecule has 1 heterocycles. The fourth-order valence-electron chi connectivity index (χ4n) is 4.29. The molecule has 1 fully saturated rings. The van der Waals surface area contributed by atoms with E-state index in [1.54, 1.807) is 24.3 Å². The van der Waals surface area contributed by atoms with Gasteiger partial charge in [-0.25, -0.2) is 0 Å². The summed E-state index contributed by atoms with van der Waals surface area (Å²) in [5, 5.41) is 2.52. The van der Waals surface area contributed by atoms with E-state index in [2.05, 4.69) is 35.1 Å². The monoisotopic (exact) mass is 636 g/mol. The molecular weight excluding hydrogens is 604 g/mol. The van der Waals surface area contributed by atoms with Crippen molar-refractivity contribution in [3.63, 3.8) is 0 Å². The molecule has 0 bridgehead atoms. The number of nitrogens with zero attached hydrogens (tertiary/aromatic N) is 1. The highest BCUT2D eigenvalue weighted by atomic mass is 79.9. The van der Waals surface area contributed by atoms with Crippen LogP contribution in [0, 0.1) is 20.8 Å². The molecule has 0 radical (unpaired) electrons. The van der Waals surface area contributed by atoms with E-state index in [-0.39, 0.29) is 41.7 Å². The molecule has 7 nitrogen and oxygen atoms in total. The Bertz CT molecular complexity index is 1520. The zero-order valence-electron chi connectivity index (χ0n) is 23.7. The fourth-order valence-corrected chi connectivity index (χ4v) is 5.52. The summed E-state index contributed by atoms with van der Waals surface area (Å²) < 4.78 is 12.6. The van der Waals surface area contributed by atoms with Crippen LogP contribution in [0.5, 0.6) is 11.5 Å². The van der Waals surface area contributed by atoms with Gasteiger partial charge in [0.25, 0.3) is 17.1 Å². The van der Waals surface area contributed by atoms with Gasteiger partial charge in [0.1, 0.15) is 18.1 Å². The van der Waals surface area contributed by atoms with Crippen molar-refractivity contribution in [1.29, 1.82) is 0 Å². The molecule has 0 aromatic heterocycles. The molecular formula is C32H33BrN2O5S. The van der Waals surface area contributed by atoms with E-state index in [0.29, 0.717) is 11.3 Å². The summed E-state index contributed by atoms with van der Waals surface area (Å²) in [5.74, 6) is 0.767. The number of carbonyl (C=O) groups excluding carboxylic acids is 3. The third-order valence-electron chi connectivity index (χ3n) is 6.52. The molecule has 3 amide bonds. The number of anilines is 1. The van der Waals surface area contributed by atoms with E-state index < -0.39 is 5.91 Å². The van der Waals surface area contributed by atoms with Crippen molar-refractivity contribution in [2.45, 2.75) is 40.5 Å². The maximum Gasteiger partial charge on any atom is 0.293 e. The Morgan fingerprint density at radius 1 is 0.976 bits per heavy atom. The van der Waals surface area contributed by atoms with Crippen LogP contribution in [0.4, 0.5) is 10.5 Å². The Hall–Kier alpha value is -3.56. The number of thioether (sulfide) groups is 1. The highest BCUT2D eigenvalue weighted by molar-refractivity contribution is 9.10. The number of amides is 3. The van der Waals surface area contributed by atoms with Crippen molar-refractivity contribution in [3.8, 4) is 11.5 Å². The molecule has 1 aliphatic heterocycles. The minimum Gasteiger partial charge on any atom is -0.491 e. The largest absolute Gasteiger partial charge is 0.491 e. The van der Waals surface area contributed by atoms with Gasteiger partial charge in [0.2, 0.25) is 0 Å². The summed E-state index contributed by atoms with van der Waals surface area (Å²) in [5.41, 5.74) is 5.45. The quantitative estimate of drug-likeness (QED) is 0.230. The highest BCUT2D eigenvalue weighted by Crippen LogP contribution is 2.35. The zero-order valence-corrected chi connectivity index (χ0v) is 26.1. The molecule has 0 saturated carbocycles. The van der Waals surface area contributed by atoms with Crippen LogP contribution in [0.3, 0.4) is 0 Å². The van der Waals surface area contributed by atoms with E-state index in [0.717, 1.165) is 49.9 Å². The summed E-state index contributed by atoms with van der Waals surface area (Å²) in [4.78, 5) is 40.0. The van der Waals surface area contributed by atoms with E-state index in [1.165, 1.54) is 4.90 Å². The van der Waals surface area contributed by atoms with E-state index in [9.17, 15) is 14.4 Å². The number of rotatable bonds is 10. The molecule has 0 atom stereocenters. The molecule has 4 rings (SSSR count). The molecule has 0 aliphatic carbocycles. The number of hydrogen-bond acceptors (Lipinski definition) is 6. The van der Waals surface area contributed by atoms with Crippen LogP contribution in [-0.4, -0.2) is 41.7 Å². The summed E-state index contributed by atoms with van der Waals surface area (Å²) >= 11 is 4.32. The molecule has 0 spiro atoms. The molecule has 41 heavy (non-hydrogen) atoms. The van der Waals surface area contributed by atoms with Crippen molar-refractivity contribution in [3.05, 3.63) is 91.8 Å². The molecule has 9 heteroatoms. The predicted molar refractivity (Wildman–Crippen MR) is 168 cm³/mol. The average Bonchev–Trinajstić information content (AvgIpc) is 3.17. The summed E-state index contributed by atoms with van der Waals surface area (Å²) in [7, 11) is 0. The number of halogens is 1. The molecule has 1 saturated heterocycles. The van der Waals surface area contributed by atoms with Crippen LogP contribution in [-0.2, 0) is 9.59 Å². The SMILES string of the molecule is Cc1ccc(C)c(NC(=O)COc2ccc(Br)cc2/C=C2\SC(=O)N(CCOc3cc(C)ccc3C(C)C)C2=O)c1. The number of imide groups is 1. The van der Waals surface area contributed by atoms with Gasteiger partial charge in [0, 0.05) is 15.7 Å². The van der Waals surface area contributed by atoms with Crippen LogP contribution in [0.25, 0.3) is 6.08 Å². The number of aryl methyl sites for hydroxylation is 3. The van der Waals surface area contributed by atoms with Gasteiger partial charge in [0.15, 0.2) is 6.61 Å². The lowest BCUT2D eigenvalue weighted by atomic mass is 10.0. The summed E-state index contributed by atoms with van der Waals surface area (Å²) in [6, 6.07) is 17.2. The molecule has 1 aliphatic rings. The highest BCUT2D eigenvalue weighted by Gasteiger charge is 2.35. The van der Waals surface area contributed by atoms with Gasteiger partial charge in [-0.05, 0) is 97.1 Å². The third-order valence-corrected chi connectivity index (χ3v) is 7.92. The number of nitrogens with one attached hydrogen (secondary N) is 1. The normalized spacial score (nSPS) is 14.2. The van der Waals surface area contributed by atoms with Gasteiger partial charge in [-0.3, -0.25) is 19.3 Å². The van der Waals surface area contributed by atoms with Gasteiger partial charge in [-0.2, -0.15) is 0 Å². The Morgan fingerprint density at radius 2 is 1.71 bits per heavy atom. The molecule has 3 aromatic carbocycles. The Morgan fingerprint density at radius 3 is 2.46 bits per heavy atom. The van der Waals surface area contributed by atoms with Gasteiger partial charge in [-0.1, -0.05) is 54.0 Å². The summed E-state index contributed by atoms with van der Waals surface area (Å²) in [6.45, 7) is 10.2. The Kier molecular flexibility index (Phi) is 9.94. The Balaban J connectivity index is 1.42. The topological polar surface area (TPSA) is 84.9 Å². The molecule has 214 valence electrons. The number of hydrogen-bond donors (Lipinski definition) is 1.